The van der Waals surface area contributed by atoms with Crippen LogP contribution in [0.4, 0.5) is 20.2 Å². The lowest BCUT2D eigenvalue weighted by atomic mass is 9.90. The van der Waals surface area contributed by atoms with E-state index < -0.39 is 27.4 Å². The molecular formula is C20H22F2N2O3S. The van der Waals surface area contributed by atoms with Crippen LogP contribution in [0, 0.1) is 18.6 Å². The molecule has 0 aromatic heterocycles. The average Bonchev–Trinajstić information content (AvgIpc) is 2.58. The molecule has 2 aromatic carbocycles. The van der Waals surface area contributed by atoms with Crippen molar-refractivity contribution in [3.8, 4) is 0 Å². The third kappa shape index (κ3) is 4.01. The first-order valence-electron chi connectivity index (χ1n) is 9.00. The molecule has 5 nitrogen and oxygen atoms in total. The second-order valence-corrected chi connectivity index (χ2v) is 8.81. The number of nitrogens with zero attached hydrogens (tertiary/aromatic N) is 1. The van der Waals surface area contributed by atoms with Gasteiger partial charge >= 0.3 is 0 Å². The fourth-order valence-electron chi connectivity index (χ4n) is 3.44. The standard InChI is InChI=1S/C20H22F2N2O3S/c1-4-24-19(25)7-13(3)16-9-15(10-18(22)20(16)24)23-28(26,27)11-14-6-5-12(2)17(21)8-14/h5-6,8-10,13,23H,4,7,11H2,1-3H3. The summed E-state index contributed by atoms with van der Waals surface area (Å²) in [7, 11) is -3.87. The lowest BCUT2D eigenvalue weighted by molar-refractivity contribution is -0.119. The predicted molar refractivity (Wildman–Crippen MR) is 105 cm³/mol. The molecule has 0 fully saturated rings. The normalized spacial score (nSPS) is 16.8. The molecule has 1 atom stereocenters. The molecule has 28 heavy (non-hydrogen) atoms. The Morgan fingerprint density at radius 2 is 1.89 bits per heavy atom. The fourth-order valence-corrected chi connectivity index (χ4v) is 4.61. The molecular weight excluding hydrogens is 386 g/mol. The zero-order valence-corrected chi connectivity index (χ0v) is 16.7. The van der Waals surface area contributed by atoms with E-state index in [1.54, 1.807) is 26.8 Å². The summed E-state index contributed by atoms with van der Waals surface area (Å²) in [5, 5.41) is 0. The molecule has 3 rings (SSSR count). The van der Waals surface area contributed by atoms with E-state index in [4.69, 9.17) is 0 Å². The van der Waals surface area contributed by atoms with Gasteiger partial charge in [-0.3, -0.25) is 9.52 Å². The van der Waals surface area contributed by atoms with Crippen LogP contribution in [0.3, 0.4) is 0 Å². The number of hydrogen-bond acceptors (Lipinski definition) is 3. The summed E-state index contributed by atoms with van der Waals surface area (Å²) in [5.74, 6) is -1.95. The molecule has 0 radical (unpaired) electrons. The van der Waals surface area contributed by atoms with Crippen molar-refractivity contribution in [2.75, 3.05) is 16.2 Å². The quantitative estimate of drug-likeness (QED) is 0.811. The van der Waals surface area contributed by atoms with Gasteiger partial charge in [0.1, 0.15) is 11.6 Å². The van der Waals surface area contributed by atoms with Crippen molar-refractivity contribution in [1.82, 2.24) is 0 Å². The van der Waals surface area contributed by atoms with Crippen molar-refractivity contribution in [2.45, 2.75) is 38.9 Å². The topological polar surface area (TPSA) is 66.5 Å². The van der Waals surface area contributed by atoms with Gasteiger partial charge in [0.15, 0.2) is 0 Å². The third-order valence-corrected chi connectivity index (χ3v) is 6.12. The Balaban J connectivity index is 1.90. The number of hydrogen-bond donors (Lipinski definition) is 1. The number of carbonyl (C=O) groups excluding carboxylic acids is 1. The van der Waals surface area contributed by atoms with Crippen LogP contribution < -0.4 is 9.62 Å². The van der Waals surface area contributed by atoms with Gasteiger partial charge in [-0.2, -0.15) is 0 Å². The maximum absolute atomic E-state index is 14.7. The minimum atomic E-state index is -3.87. The van der Waals surface area contributed by atoms with Crippen molar-refractivity contribution in [2.24, 2.45) is 0 Å². The highest BCUT2D eigenvalue weighted by atomic mass is 32.2. The summed E-state index contributed by atoms with van der Waals surface area (Å²) in [6, 6.07) is 6.86. The number of anilines is 2. The summed E-state index contributed by atoms with van der Waals surface area (Å²) in [6.07, 6.45) is 0.235. The van der Waals surface area contributed by atoms with Crippen molar-refractivity contribution < 1.29 is 22.0 Å². The molecule has 1 amide bonds. The Kier molecular flexibility index (Phi) is 5.43. The Morgan fingerprint density at radius 1 is 1.18 bits per heavy atom. The minimum absolute atomic E-state index is 0.0843. The summed E-state index contributed by atoms with van der Waals surface area (Å²) in [5.41, 5.74) is 1.59. The van der Waals surface area contributed by atoms with Gasteiger partial charge in [-0.1, -0.05) is 19.1 Å². The maximum atomic E-state index is 14.7. The number of rotatable bonds is 5. The van der Waals surface area contributed by atoms with E-state index in [1.165, 1.54) is 23.1 Å². The number of benzene rings is 2. The fraction of sp³-hybridized carbons (Fsp3) is 0.350. The molecule has 0 saturated carbocycles. The molecule has 2 aromatic rings. The smallest absolute Gasteiger partial charge is 0.236 e. The van der Waals surface area contributed by atoms with Crippen LogP contribution in [0.15, 0.2) is 30.3 Å². The number of carbonyl (C=O) groups is 1. The molecule has 0 bridgehead atoms. The first-order chi connectivity index (χ1) is 13.1. The van der Waals surface area contributed by atoms with E-state index >= 15 is 0 Å². The highest BCUT2D eigenvalue weighted by Gasteiger charge is 2.31. The van der Waals surface area contributed by atoms with Gasteiger partial charge in [-0.15, -0.1) is 0 Å². The summed E-state index contributed by atoms with van der Waals surface area (Å²) < 4.78 is 55.7. The number of halogens is 2. The van der Waals surface area contributed by atoms with E-state index in [0.717, 1.165) is 6.07 Å². The molecule has 150 valence electrons. The summed E-state index contributed by atoms with van der Waals surface area (Å²) in [4.78, 5) is 13.5. The van der Waals surface area contributed by atoms with Gasteiger partial charge < -0.3 is 4.90 Å². The van der Waals surface area contributed by atoms with Gasteiger partial charge in [0.2, 0.25) is 15.9 Å². The monoisotopic (exact) mass is 408 g/mol. The highest BCUT2D eigenvalue weighted by Crippen LogP contribution is 2.39. The first kappa shape index (κ1) is 20.3. The molecule has 1 heterocycles. The lowest BCUT2D eigenvalue weighted by Gasteiger charge is -2.32. The van der Waals surface area contributed by atoms with Gasteiger partial charge in [0, 0.05) is 19.0 Å². The molecule has 1 unspecified atom stereocenters. The number of sulfonamides is 1. The van der Waals surface area contributed by atoms with Crippen LogP contribution in [0.25, 0.3) is 0 Å². The van der Waals surface area contributed by atoms with Crippen LogP contribution in [-0.2, 0) is 20.6 Å². The molecule has 8 heteroatoms. The largest absolute Gasteiger partial charge is 0.310 e. The lowest BCUT2D eigenvalue weighted by Crippen LogP contribution is -2.36. The second kappa shape index (κ2) is 7.50. The van der Waals surface area contributed by atoms with Crippen molar-refractivity contribution in [3.63, 3.8) is 0 Å². The van der Waals surface area contributed by atoms with E-state index in [1.807, 2.05) is 0 Å². The maximum Gasteiger partial charge on any atom is 0.236 e. The summed E-state index contributed by atoms with van der Waals surface area (Å²) >= 11 is 0. The molecule has 0 spiro atoms. The van der Waals surface area contributed by atoms with Crippen molar-refractivity contribution in [1.29, 1.82) is 0 Å². The van der Waals surface area contributed by atoms with Gasteiger partial charge in [0.05, 0.1) is 17.1 Å². The van der Waals surface area contributed by atoms with E-state index in [9.17, 15) is 22.0 Å². The van der Waals surface area contributed by atoms with Crippen LogP contribution in [0.2, 0.25) is 0 Å². The average molecular weight is 408 g/mol. The van der Waals surface area contributed by atoms with E-state index in [2.05, 4.69) is 4.72 Å². The molecule has 0 saturated heterocycles. The molecule has 1 aliphatic heterocycles. The molecule has 1 N–H and O–H groups in total. The minimum Gasteiger partial charge on any atom is -0.310 e. The van der Waals surface area contributed by atoms with Crippen LogP contribution in [0.1, 0.15) is 42.9 Å². The zero-order chi connectivity index (χ0) is 20.6. The Hall–Kier alpha value is -2.48. The van der Waals surface area contributed by atoms with E-state index in [0.29, 0.717) is 23.2 Å². The molecule has 1 aliphatic rings. The number of nitrogens with one attached hydrogen (secondary N) is 1. The summed E-state index contributed by atoms with van der Waals surface area (Å²) in [6.45, 7) is 5.48. The number of fused-ring (bicyclic) bond motifs is 1. The SMILES string of the molecule is CCN1C(=O)CC(C)c2cc(NS(=O)(=O)Cc3ccc(C)c(F)c3)cc(F)c21. The molecule has 0 aliphatic carbocycles. The van der Waals surface area contributed by atoms with Crippen molar-refractivity contribution in [3.05, 3.63) is 58.7 Å². The third-order valence-electron chi connectivity index (χ3n) is 4.86. The Bertz CT molecular complexity index is 1040. The predicted octanol–water partition coefficient (Wildman–Crippen LogP) is 4.08. The first-order valence-corrected chi connectivity index (χ1v) is 10.7. The van der Waals surface area contributed by atoms with Gasteiger partial charge in [-0.25, -0.2) is 17.2 Å². The van der Waals surface area contributed by atoms with Crippen molar-refractivity contribution >= 4 is 27.3 Å². The van der Waals surface area contributed by atoms with Gasteiger partial charge in [-0.05, 0) is 48.6 Å². The number of aryl methyl sites for hydroxylation is 1. The second-order valence-electron chi connectivity index (χ2n) is 7.08. The van der Waals surface area contributed by atoms with E-state index in [-0.39, 0.29) is 29.6 Å². The van der Waals surface area contributed by atoms with Crippen LogP contribution in [0.5, 0.6) is 0 Å². The zero-order valence-electron chi connectivity index (χ0n) is 15.9. The Morgan fingerprint density at radius 3 is 2.54 bits per heavy atom. The van der Waals surface area contributed by atoms with Gasteiger partial charge in [0.25, 0.3) is 0 Å². The Labute approximate surface area is 163 Å². The van der Waals surface area contributed by atoms with Crippen LogP contribution in [-0.4, -0.2) is 20.9 Å². The van der Waals surface area contributed by atoms with Crippen LogP contribution >= 0.6 is 0 Å². The number of amides is 1. The highest BCUT2D eigenvalue weighted by molar-refractivity contribution is 7.91.